The Hall–Kier alpha value is -3.37. The number of carbonyl (C=O) groups excluding carboxylic acids is 2. The SMILES string of the molecule is CCC1Oc2ccc(CN3CC=C(c4ccc(F)nc4C(N)=O)CO3)c(F)c2NC1=O. The molecule has 0 aliphatic carbocycles. The van der Waals surface area contributed by atoms with Crippen LogP contribution in [-0.4, -0.2) is 41.1 Å². The number of primary amides is 1. The summed E-state index contributed by atoms with van der Waals surface area (Å²) in [5.41, 5.74) is 6.46. The topological polar surface area (TPSA) is 107 Å². The number of hydrogen-bond donors (Lipinski definition) is 2. The van der Waals surface area contributed by atoms with Crippen LogP contribution < -0.4 is 15.8 Å². The number of amides is 2. The number of anilines is 1. The normalized spacial score (nSPS) is 18.6. The number of benzene rings is 1. The third kappa shape index (κ3) is 4.12. The van der Waals surface area contributed by atoms with Gasteiger partial charge in [-0.05, 0) is 30.2 Å². The maximum Gasteiger partial charge on any atom is 0.268 e. The molecule has 2 aromatic rings. The number of hydroxylamine groups is 2. The van der Waals surface area contributed by atoms with Gasteiger partial charge in [0.05, 0.1) is 13.2 Å². The van der Waals surface area contributed by atoms with Gasteiger partial charge in [0.1, 0.15) is 17.1 Å². The van der Waals surface area contributed by atoms with Crippen LogP contribution >= 0.6 is 0 Å². The standard InChI is InChI=1S/C21H20F2N4O4/c1-2-14-21(29)26-19-15(31-14)5-3-11(17(19)23)9-27-8-7-12(10-30-27)13-4-6-16(22)25-18(13)20(24)28/h3-7,14H,2,8-10H2,1H3,(H2,24,28)(H,26,29). The number of aromatic nitrogens is 1. The summed E-state index contributed by atoms with van der Waals surface area (Å²) in [6.07, 6.45) is 1.61. The van der Waals surface area contributed by atoms with Crippen LogP contribution in [0.25, 0.3) is 5.57 Å². The molecular formula is C21H20F2N4O4. The molecule has 2 aliphatic rings. The van der Waals surface area contributed by atoms with Gasteiger partial charge in [0.25, 0.3) is 11.8 Å². The van der Waals surface area contributed by atoms with Gasteiger partial charge in [0.2, 0.25) is 5.95 Å². The molecule has 1 atom stereocenters. The van der Waals surface area contributed by atoms with Crippen LogP contribution in [0.2, 0.25) is 0 Å². The van der Waals surface area contributed by atoms with Crippen LogP contribution in [0.3, 0.4) is 0 Å². The van der Waals surface area contributed by atoms with Crippen LogP contribution in [0, 0.1) is 11.8 Å². The van der Waals surface area contributed by atoms with Crippen LogP contribution in [0.1, 0.15) is 35.0 Å². The van der Waals surface area contributed by atoms with Crippen LogP contribution in [0.4, 0.5) is 14.5 Å². The van der Waals surface area contributed by atoms with E-state index in [-0.39, 0.29) is 42.7 Å². The number of ether oxygens (including phenoxy) is 1. The molecule has 0 saturated carbocycles. The Morgan fingerprint density at radius 2 is 2.13 bits per heavy atom. The molecule has 10 heteroatoms. The van der Waals surface area contributed by atoms with Gasteiger partial charge in [0, 0.05) is 17.7 Å². The molecular weight excluding hydrogens is 410 g/mol. The van der Waals surface area contributed by atoms with E-state index in [0.29, 0.717) is 23.1 Å². The molecule has 1 aromatic heterocycles. The maximum absolute atomic E-state index is 14.9. The van der Waals surface area contributed by atoms with E-state index in [1.54, 1.807) is 18.2 Å². The molecule has 0 saturated heterocycles. The molecule has 31 heavy (non-hydrogen) atoms. The first-order valence-electron chi connectivity index (χ1n) is 9.70. The third-order valence-corrected chi connectivity index (χ3v) is 5.10. The quantitative estimate of drug-likeness (QED) is 0.706. The van der Waals surface area contributed by atoms with Gasteiger partial charge in [-0.25, -0.2) is 9.37 Å². The summed E-state index contributed by atoms with van der Waals surface area (Å²) >= 11 is 0. The Kier molecular flexibility index (Phi) is 5.66. The van der Waals surface area contributed by atoms with Gasteiger partial charge < -0.3 is 15.8 Å². The molecule has 2 amide bonds. The Balaban J connectivity index is 1.50. The van der Waals surface area contributed by atoms with Crippen molar-refractivity contribution >= 4 is 23.1 Å². The molecule has 2 aliphatic heterocycles. The first-order valence-corrected chi connectivity index (χ1v) is 9.70. The molecule has 8 nitrogen and oxygen atoms in total. The predicted molar refractivity (Wildman–Crippen MR) is 107 cm³/mol. The molecule has 3 heterocycles. The molecule has 0 bridgehead atoms. The van der Waals surface area contributed by atoms with Gasteiger partial charge in [0.15, 0.2) is 11.9 Å². The number of hydrogen-bond acceptors (Lipinski definition) is 6. The summed E-state index contributed by atoms with van der Waals surface area (Å²) in [5.74, 6) is -2.33. The van der Waals surface area contributed by atoms with Crippen molar-refractivity contribution in [2.24, 2.45) is 5.73 Å². The minimum Gasteiger partial charge on any atom is -0.478 e. The first kappa shape index (κ1) is 20.9. The van der Waals surface area contributed by atoms with E-state index in [0.717, 1.165) is 6.07 Å². The smallest absolute Gasteiger partial charge is 0.268 e. The summed E-state index contributed by atoms with van der Waals surface area (Å²) in [4.78, 5) is 32.8. The average Bonchev–Trinajstić information content (AvgIpc) is 2.76. The first-order chi connectivity index (χ1) is 14.9. The summed E-state index contributed by atoms with van der Waals surface area (Å²) < 4.78 is 33.8. The van der Waals surface area contributed by atoms with Crippen molar-refractivity contribution < 1.29 is 27.9 Å². The van der Waals surface area contributed by atoms with Gasteiger partial charge in [-0.3, -0.25) is 14.4 Å². The van der Waals surface area contributed by atoms with E-state index < -0.39 is 23.8 Å². The van der Waals surface area contributed by atoms with Crippen molar-refractivity contribution in [1.82, 2.24) is 10.0 Å². The fourth-order valence-electron chi connectivity index (χ4n) is 3.47. The number of fused-ring (bicyclic) bond motifs is 1. The van der Waals surface area contributed by atoms with E-state index in [4.69, 9.17) is 15.3 Å². The second kappa shape index (κ2) is 8.40. The zero-order valence-electron chi connectivity index (χ0n) is 16.7. The van der Waals surface area contributed by atoms with E-state index in [2.05, 4.69) is 10.3 Å². The highest BCUT2D eigenvalue weighted by atomic mass is 19.1. The van der Waals surface area contributed by atoms with Crippen LogP contribution in [0.5, 0.6) is 5.75 Å². The van der Waals surface area contributed by atoms with E-state index >= 15 is 0 Å². The summed E-state index contributed by atoms with van der Waals surface area (Å²) in [6, 6.07) is 5.75. The van der Waals surface area contributed by atoms with Crippen LogP contribution in [-0.2, 0) is 16.2 Å². The molecule has 0 radical (unpaired) electrons. The summed E-state index contributed by atoms with van der Waals surface area (Å²) in [6.45, 7) is 2.27. The number of rotatable bonds is 5. The lowest BCUT2D eigenvalue weighted by Gasteiger charge is -2.28. The van der Waals surface area contributed by atoms with Crippen molar-refractivity contribution in [2.45, 2.75) is 26.0 Å². The van der Waals surface area contributed by atoms with Gasteiger partial charge in [-0.15, -0.1) is 0 Å². The van der Waals surface area contributed by atoms with Crippen molar-refractivity contribution in [2.75, 3.05) is 18.5 Å². The van der Waals surface area contributed by atoms with Gasteiger partial charge in [-0.1, -0.05) is 19.1 Å². The summed E-state index contributed by atoms with van der Waals surface area (Å²) in [7, 11) is 0. The second-order valence-electron chi connectivity index (χ2n) is 7.14. The molecule has 0 spiro atoms. The van der Waals surface area contributed by atoms with Gasteiger partial charge in [-0.2, -0.15) is 9.45 Å². The molecule has 4 rings (SSSR count). The Bertz CT molecular complexity index is 1090. The number of halogens is 2. The minimum atomic E-state index is -0.844. The largest absolute Gasteiger partial charge is 0.478 e. The van der Waals surface area contributed by atoms with Gasteiger partial charge >= 0.3 is 0 Å². The minimum absolute atomic E-state index is 0.0175. The average molecular weight is 430 g/mol. The Labute approximate surface area is 176 Å². The highest BCUT2D eigenvalue weighted by molar-refractivity contribution is 5.98. The van der Waals surface area contributed by atoms with Crippen LogP contribution in [0.15, 0.2) is 30.3 Å². The lowest BCUT2D eigenvalue weighted by atomic mass is 10.0. The van der Waals surface area contributed by atoms with E-state index in [1.165, 1.54) is 11.1 Å². The highest BCUT2D eigenvalue weighted by Gasteiger charge is 2.30. The zero-order valence-corrected chi connectivity index (χ0v) is 16.7. The molecule has 0 fully saturated rings. The number of nitrogens with two attached hydrogens (primary N) is 1. The monoisotopic (exact) mass is 430 g/mol. The summed E-state index contributed by atoms with van der Waals surface area (Å²) in [5, 5.41) is 4.09. The number of pyridine rings is 1. The number of nitrogens with zero attached hydrogens (tertiary/aromatic N) is 2. The molecule has 1 aromatic carbocycles. The zero-order chi connectivity index (χ0) is 22.1. The number of nitrogens with one attached hydrogen (secondary N) is 1. The maximum atomic E-state index is 14.9. The fourth-order valence-corrected chi connectivity index (χ4v) is 3.47. The van der Waals surface area contributed by atoms with Crippen molar-refractivity contribution in [3.63, 3.8) is 0 Å². The Morgan fingerprint density at radius 3 is 2.81 bits per heavy atom. The second-order valence-corrected chi connectivity index (χ2v) is 7.14. The fraction of sp³-hybridized carbons (Fsp3) is 0.286. The van der Waals surface area contributed by atoms with Crippen molar-refractivity contribution in [1.29, 1.82) is 0 Å². The van der Waals surface area contributed by atoms with Crippen molar-refractivity contribution in [3.8, 4) is 5.75 Å². The number of carbonyl (C=O) groups is 2. The van der Waals surface area contributed by atoms with Crippen molar-refractivity contribution in [3.05, 3.63) is 58.9 Å². The molecule has 3 N–H and O–H groups in total. The molecule has 162 valence electrons. The van der Waals surface area contributed by atoms with E-state index in [9.17, 15) is 18.4 Å². The lowest BCUT2D eigenvalue weighted by molar-refractivity contribution is -0.151. The molecule has 1 unspecified atom stereocenters. The third-order valence-electron chi connectivity index (χ3n) is 5.10. The highest BCUT2D eigenvalue weighted by Crippen LogP contribution is 2.35. The van der Waals surface area contributed by atoms with E-state index in [1.807, 2.05) is 6.92 Å². The predicted octanol–water partition coefficient (Wildman–Crippen LogP) is 2.40. The lowest BCUT2D eigenvalue weighted by Crippen LogP contribution is -2.37. The Morgan fingerprint density at radius 1 is 1.32 bits per heavy atom.